The van der Waals surface area contributed by atoms with Gasteiger partial charge in [-0.1, -0.05) is 18.2 Å². The van der Waals surface area contributed by atoms with Crippen molar-refractivity contribution in [3.63, 3.8) is 0 Å². The first kappa shape index (κ1) is 32.9. The van der Waals surface area contributed by atoms with Crippen LogP contribution in [-0.2, 0) is 18.8 Å². The van der Waals surface area contributed by atoms with Crippen molar-refractivity contribution in [1.82, 2.24) is 15.3 Å². The molecule has 13 heteroatoms. The van der Waals surface area contributed by atoms with Crippen molar-refractivity contribution in [2.24, 2.45) is 0 Å². The van der Waals surface area contributed by atoms with Gasteiger partial charge in [-0.25, -0.2) is 19.0 Å². The summed E-state index contributed by atoms with van der Waals surface area (Å²) in [6, 6.07) is 4.82. The first-order chi connectivity index (χ1) is 21.5. The summed E-state index contributed by atoms with van der Waals surface area (Å²) in [6.45, 7) is 14.1. The van der Waals surface area contributed by atoms with E-state index in [0.29, 0.717) is 27.1 Å². The number of amides is 2. The third-order valence-corrected chi connectivity index (χ3v) is 8.06. The summed E-state index contributed by atoms with van der Waals surface area (Å²) in [7, 11) is 0.529. The monoisotopic (exact) mass is 632 g/mol. The van der Waals surface area contributed by atoms with E-state index in [2.05, 4.69) is 15.3 Å². The number of methoxy groups -OCH3 is 1. The second kappa shape index (κ2) is 11.7. The van der Waals surface area contributed by atoms with Gasteiger partial charge in [-0.15, -0.1) is 0 Å². The molecule has 1 unspecified atom stereocenters. The number of hydrogen-bond acceptors (Lipinski definition) is 10. The molecule has 2 aliphatic heterocycles. The van der Waals surface area contributed by atoms with Crippen molar-refractivity contribution in [3.05, 3.63) is 67.0 Å². The van der Waals surface area contributed by atoms with Crippen LogP contribution in [0.3, 0.4) is 0 Å². The number of imide groups is 1. The molecular formula is C33H38BFN4O7. The molecule has 1 N–H and O–H groups in total. The van der Waals surface area contributed by atoms with Gasteiger partial charge < -0.3 is 28.8 Å². The van der Waals surface area contributed by atoms with Crippen LogP contribution in [0.5, 0.6) is 5.75 Å². The van der Waals surface area contributed by atoms with Crippen LogP contribution in [0, 0.1) is 5.82 Å². The van der Waals surface area contributed by atoms with Gasteiger partial charge in [0.05, 0.1) is 23.7 Å². The molecule has 4 heterocycles. The van der Waals surface area contributed by atoms with Crippen LogP contribution in [-0.4, -0.2) is 58.9 Å². The molecule has 242 valence electrons. The predicted octanol–water partition coefficient (Wildman–Crippen LogP) is 6.01. The molecule has 0 aliphatic carbocycles. The Bertz CT molecular complexity index is 1740. The minimum atomic E-state index is -1.32. The number of aromatic nitrogens is 2. The van der Waals surface area contributed by atoms with E-state index in [-0.39, 0.29) is 16.8 Å². The van der Waals surface area contributed by atoms with Crippen molar-refractivity contribution in [2.45, 2.75) is 77.9 Å². The number of carbonyl (C=O) groups excluding carboxylic acids is 2. The molecule has 2 amide bonds. The Labute approximate surface area is 267 Å². The van der Waals surface area contributed by atoms with E-state index in [4.69, 9.17) is 23.5 Å². The molecule has 2 aliphatic rings. The molecular weight excluding hydrogens is 594 g/mol. The fourth-order valence-corrected chi connectivity index (χ4v) is 5.00. The zero-order chi connectivity index (χ0) is 33.7. The zero-order valence-corrected chi connectivity index (χ0v) is 27.4. The second-order valence-corrected chi connectivity index (χ2v) is 13.2. The number of carbonyl (C=O) groups is 2. The summed E-state index contributed by atoms with van der Waals surface area (Å²) < 4.78 is 46.5. The molecule has 2 aromatic heterocycles. The van der Waals surface area contributed by atoms with Crippen LogP contribution in [0.2, 0.25) is 0 Å². The number of ether oxygens (including phenoxy) is 3. The normalized spacial score (nSPS) is 19.9. The summed E-state index contributed by atoms with van der Waals surface area (Å²) in [6.07, 6.45) is 8.71. The van der Waals surface area contributed by atoms with Crippen molar-refractivity contribution in [3.8, 4) is 16.9 Å². The largest absolute Gasteiger partial charge is 0.497 e. The second-order valence-electron chi connectivity index (χ2n) is 13.2. The van der Waals surface area contributed by atoms with Crippen molar-refractivity contribution in [1.29, 1.82) is 0 Å². The number of hydrogen-bond donors (Lipinski definition) is 1. The number of rotatable bonds is 5. The van der Waals surface area contributed by atoms with Crippen LogP contribution in [0.1, 0.15) is 55.4 Å². The maximum absolute atomic E-state index is 17.1. The summed E-state index contributed by atoms with van der Waals surface area (Å²) in [4.78, 5) is 36.9. The third-order valence-electron chi connectivity index (χ3n) is 8.06. The van der Waals surface area contributed by atoms with Gasteiger partial charge in [-0.2, -0.15) is 4.90 Å². The first-order valence-electron chi connectivity index (χ1n) is 14.8. The predicted molar refractivity (Wildman–Crippen MR) is 172 cm³/mol. The van der Waals surface area contributed by atoms with Gasteiger partial charge in [-0.05, 0) is 79.0 Å². The van der Waals surface area contributed by atoms with Crippen molar-refractivity contribution in [2.75, 3.05) is 12.0 Å². The standard InChI is InChI=1S/C33H38BFN4O7/c1-30(2,3)43-28(40)39(29(41)44-33(8)15-10-11-16-38-33)27-25-21(23(19-37-27)34-45-31(4,5)32(6,7)46-34)13-12-20(26(25)35)22-18-36-17-14-24(22)42-9/h10-19,38H,1-9H3. The number of anilines is 1. The number of nitrogens with zero attached hydrogens (tertiary/aromatic N) is 3. The van der Waals surface area contributed by atoms with E-state index in [1.165, 1.54) is 25.7 Å². The molecule has 46 heavy (non-hydrogen) atoms. The summed E-state index contributed by atoms with van der Waals surface area (Å²) in [5.74, 6) is -0.782. The van der Waals surface area contributed by atoms with Crippen molar-refractivity contribution < 1.29 is 37.5 Å². The summed E-state index contributed by atoms with van der Waals surface area (Å²) >= 11 is 0. The van der Waals surface area contributed by atoms with Gasteiger partial charge >= 0.3 is 19.3 Å². The fourth-order valence-electron chi connectivity index (χ4n) is 5.00. The number of benzene rings is 1. The van der Waals surface area contributed by atoms with E-state index in [9.17, 15) is 9.59 Å². The Balaban J connectivity index is 1.76. The minimum absolute atomic E-state index is 0.0954. The third kappa shape index (κ3) is 6.16. The number of dihydropyridines is 1. The van der Waals surface area contributed by atoms with E-state index in [0.717, 1.165) is 0 Å². The maximum Gasteiger partial charge on any atom is 0.497 e. The van der Waals surface area contributed by atoms with Crippen LogP contribution in [0.4, 0.5) is 19.8 Å². The topological polar surface area (TPSA) is 121 Å². The Hall–Kier alpha value is -4.49. The molecule has 1 atom stereocenters. The quantitative estimate of drug-likeness (QED) is 0.335. The van der Waals surface area contributed by atoms with Gasteiger partial charge in [0, 0.05) is 41.4 Å². The molecule has 0 bridgehead atoms. The average molecular weight is 632 g/mol. The number of allylic oxidation sites excluding steroid dienone is 2. The highest BCUT2D eigenvalue weighted by Crippen LogP contribution is 2.40. The summed E-state index contributed by atoms with van der Waals surface area (Å²) in [5, 5.41) is 3.06. The van der Waals surface area contributed by atoms with Crippen LogP contribution < -0.4 is 20.4 Å². The Morgan fingerprint density at radius 1 is 0.978 bits per heavy atom. The Morgan fingerprint density at radius 2 is 1.67 bits per heavy atom. The molecule has 11 nitrogen and oxygen atoms in total. The lowest BCUT2D eigenvalue weighted by Gasteiger charge is -2.32. The lowest BCUT2D eigenvalue weighted by atomic mass is 9.77. The maximum atomic E-state index is 17.1. The molecule has 0 radical (unpaired) electrons. The zero-order valence-electron chi connectivity index (χ0n) is 27.4. The van der Waals surface area contributed by atoms with Crippen LogP contribution in [0.15, 0.2) is 61.2 Å². The highest BCUT2D eigenvalue weighted by molar-refractivity contribution is 6.65. The number of pyridine rings is 2. The van der Waals surface area contributed by atoms with E-state index in [1.807, 2.05) is 27.7 Å². The molecule has 5 rings (SSSR count). The van der Waals surface area contributed by atoms with Crippen LogP contribution in [0.25, 0.3) is 21.9 Å². The molecule has 1 aromatic carbocycles. The number of fused-ring (bicyclic) bond motifs is 1. The first-order valence-corrected chi connectivity index (χ1v) is 14.8. The Kier molecular flexibility index (Phi) is 8.37. The summed E-state index contributed by atoms with van der Waals surface area (Å²) in [5.41, 5.74) is -2.92. The molecule has 3 aromatic rings. The molecule has 1 fully saturated rings. The lowest BCUT2D eigenvalue weighted by Crippen LogP contribution is -2.49. The molecule has 1 saturated heterocycles. The van der Waals surface area contributed by atoms with Gasteiger partial charge in [0.25, 0.3) is 0 Å². The van der Waals surface area contributed by atoms with Crippen LogP contribution >= 0.6 is 0 Å². The highest BCUT2D eigenvalue weighted by Gasteiger charge is 2.52. The van der Waals surface area contributed by atoms with Gasteiger partial charge in [-0.3, -0.25) is 4.98 Å². The Morgan fingerprint density at radius 3 is 2.28 bits per heavy atom. The average Bonchev–Trinajstić information content (AvgIpc) is 3.18. The number of halogens is 1. The SMILES string of the molecule is COc1ccncc1-c1ccc2c(B3OC(C)(C)C(C)(C)O3)cnc(N(C(=O)OC(C)(C)C)C(=O)OC3(C)C=CC=CN3)c2c1F. The van der Waals surface area contributed by atoms with Crippen molar-refractivity contribution >= 4 is 41.4 Å². The molecule has 0 saturated carbocycles. The number of nitrogens with one attached hydrogen (secondary N) is 1. The van der Waals surface area contributed by atoms with Gasteiger partial charge in [0.1, 0.15) is 17.2 Å². The van der Waals surface area contributed by atoms with Gasteiger partial charge in [0.15, 0.2) is 5.82 Å². The fraction of sp³-hybridized carbons (Fsp3) is 0.394. The smallest absolute Gasteiger partial charge is 0.496 e. The van der Waals surface area contributed by atoms with E-state index < -0.39 is 47.7 Å². The minimum Gasteiger partial charge on any atom is -0.496 e. The van der Waals surface area contributed by atoms with Gasteiger partial charge in [0.2, 0.25) is 5.72 Å². The molecule has 0 spiro atoms. The lowest BCUT2D eigenvalue weighted by molar-refractivity contribution is 0.00578. The highest BCUT2D eigenvalue weighted by atomic mass is 19.1. The van der Waals surface area contributed by atoms with E-state index >= 15 is 4.39 Å². The van der Waals surface area contributed by atoms with E-state index in [1.54, 1.807) is 70.3 Å².